The molecule has 0 spiro atoms. The van der Waals surface area contributed by atoms with E-state index in [1.165, 1.54) is 54.6 Å². The first-order valence-electron chi connectivity index (χ1n) is 16.5. The van der Waals surface area contributed by atoms with Crippen LogP contribution in [0.2, 0.25) is 0 Å². The quantitative estimate of drug-likeness (QED) is 0.194. The molecule has 0 atom stereocenters. The van der Waals surface area contributed by atoms with Crippen LogP contribution in [0.1, 0.15) is 25.0 Å². The molecule has 0 N–H and O–H groups in total. The Morgan fingerprint density at radius 2 is 1.00 bits per heavy atom. The van der Waals surface area contributed by atoms with Gasteiger partial charge in [-0.2, -0.15) is 0 Å². The van der Waals surface area contributed by atoms with Crippen LogP contribution < -0.4 is 0 Å². The largest absolute Gasteiger partial charge is 0.309 e. The van der Waals surface area contributed by atoms with Gasteiger partial charge < -0.3 is 4.57 Å². The molecule has 10 aromatic rings. The van der Waals surface area contributed by atoms with Gasteiger partial charge in [-0.1, -0.05) is 86.6 Å². The molecule has 0 saturated carbocycles. The first-order chi connectivity index (χ1) is 23.6. The Hall–Kier alpha value is -6.20. The van der Waals surface area contributed by atoms with Gasteiger partial charge in [0, 0.05) is 67.1 Å². The summed E-state index contributed by atoms with van der Waals surface area (Å²) in [5.74, 6) is 1.02. The summed E-state index contributed by atoms with van der Waals surface area (Å²) in [7, 11) is 0. The fourth-order valence-corrected chi connectivity index (χ4v) is 8.56. The fourth-order valence-electron chi connectivity index (χ4n) is 8.56. The third-order valence-electron chi connectivity index (χ3n) is 10.7. The van der Waals surface area contributed by atoms with Crippen molar-refractivity contribution in [2.45, 2.75) is 19.3 Å². The molecule has 0 fully saturated rings. The molecule has 1 aliphatic rings. The molecule has 1 aliphatic heterocycles. The van der Waals surface area contributed by atoms with Crippen molar-refractivity contribution in [2.75, 3.05) is 0 Å². The Morgan fingerprint density at radius 3 is 1.81 bits per heavy atom. The summed E-state index contributed by atoms with van der Waals surface area (Å²) >= 11 is 0. The van der Waals surface area contributed by atoms with E-state index < -0.39 is 0 Å². The molecule has 226 valence electrons. The van der Waals surface area contributed by atoms with E-state index in [1.807, 2.05) is 18.5 Å². The molecule has 5 aromatic heterocycles. The van der Waals surface area contributed by atoms with Crippen molar-refractivity contribution in [1.29, 1.82) is 0 Å². The molecule has 5 heteroatoms. The minimum atomic E-state index is -0.152. The van der Waals surface area contributed by atoms with Crippen LogP contribution in [0.3, 0.4) is 0 Å². The molecule has 0 bridgehead atoms. The molecule has 0 amide bonds. The lowest BCUT2D eigenvalue weighted by Gasteiger charge is -2.33. The maximum absolute atomic E-state index is 4.99. The highest BCUT2D eigenvalue weighted by Crippen LogP contribution is 2.47. The molecular formula is C43H29N5. The molecule has 0 saturated heterocycles. The predicted octanol–water partition coefficient (Wildman–Crippen LogP) is 10.4. The average Bonchev–Trinajstić information content (AvgIpc) is 3.76. The van der Waals surface area contributed by atoms with Crippen molar-refractivity contribution in [1.82, 2.24) is 23.7 Å². The standard InChI is InChI=1S/C43H29N5/c1-43(2)34-14-7-12-32-31-21-18-26(24-39(31)48(40(32)34)42-35(43)15-9-23-45-42)46-36-16-5-3-10-28(36)30-20-19-27(25-38(30)46)47-37-17-6-4-11-29(37)33-13-8-22-44-41(33)47/h3-25H,1-2H3. The monoisotopic (exact) mass is 615 g/mol. The van der Waals surface area contributed by atoms with Gasteiger partial charge in [0.1, 0.15) is 11.5 Å². The topological polar surface area (TPSA) is 40.6 Å². The third-order valence-corrected chi connectivity index (χ3v) is 10.7. The van der Waals surface area contributed by atoms with Crippen molar-refractivity contribution in [3.8, 4) is 17.2 Å². The molecule has 0 unspecified atom stereocenters. The predicted molar refractivity (Wildman–Crippen MR) is 197 cm³/mol. The second-order valence-electron chi connectivity index (χ2n) is 13.5. The van der Waals surface area contributed by atoms with Crippen LogP contribution in [0.15, 0.2) is 140 Å². The minimum Gasteiger partial charge on any atom is -0.309 e. The first-order valence-corrected chi connectivity index (χ1v) is 16.5. The second kappa shape index (κ2) is 8.99. The molecule has 48 heavy (non-hydrogen) atoms. The average molecular weight is 616 g/mol. The maximum Gasteiger partial charge on any atom is 0.145 e. The Bertz CT molecular complexity index is 2930. The highest BCUT2D eigenvalue weighted by molar-refractivity contribution is 6.14. The van der Waals surface area contributed by atoms with Crippen LogP contribution in [0.5, 0.6) is 0 Å². The maximum atomic E-state index is 4.99. The lowest BCUT2D eigenvalue weighted by molar-refractivity contribution is 0.624. The van der Waals surface area contributed by atoms with Crippen LogP contribution in [0, 0.1) is 0 Å². The Kier molecular flexibility index (Phi) is 4.86. The molecular weight excluding hydrogens is 587 g/mol. The zero-order valence-electron chi connectivity index (χ0n) is 26.5. The summed E-state index contributed by atoms with van der Waals surface area (Å²) in [6.07, 6.45) is 3.80. The van der Waals surface area contributed by atoms with E-state index >= 15 is 0 Å². The summed E-state index contributed by atoms with van der Waals surface area (Å²) in [6, 6.07) is 46.3. The van der Waals surface area contributed by atoms with Crippen molar-refractivity contribution < 1.29 is 0 Å². The lowest BCUT2D eigenvalue weighted by Crippen LogP contribution is -2.26. The minimum absolute atomic E-state index is 0.152. The summed E-state index contributed by atoms with van der Waals surface area (Å²) in [6.45, 7) is 4.63. The number of aromatic nitrogens is 5. The smallest absolute Gasteiger partial charge is 0.145 e. The highest BCUT2D eigenvalue weighted by atomic mass is 15.1. The Morgan fingerprint density at radius 1 is 0.438 bits per heavy atom. The number of rotatable bonds is 2. The third kappa shape index (κ3) is 3.16. The number of fused-ring (bicyclic) bond motifs is 11. The van der Waals surface area contributed by atoms with Crippen molar-refractivity contribution >= 4 is 65.5 Å². The normalized spacial score (nSPS) is 13.8. The van der Waals surface area contributed by atoms with Gasteiger partial charge in [-0.15, -0.1) is 0 Å². The van der Waals surface area contributed by atoms with E-state index in [4.69, 9.17) is 9.97 Å². The van der Waals surface area contributed by atoms with Crippen LogP contribution in [-0.4, -0.2) is 23.7 Å². The number of pyridine rings is 2. The van der Waals surface area contributed by atoms with Gasteiger partial charge in [0.05, 0.1) is 27.6 Å². The summed E-state index contributed by atoms with van der Waals surface area (Å²) < 4.78 is 7.12. The number of hydrogen-bond acceptors (Lipinski definition) is 2. The van der Waals surface area contributed by atoms with E-state index in [0.29, 0.717) is 0 Å². The molecule has 0 aliphatic carbocycles. The van der Waals surface area contributed by atoms with Gasteiger partial charge in [0.15, 0.2) is 0 Å². The van der Waals surface area contributed by atoms with Gasteiger partial charge in [-0.3, -0.25) is 9.13 Å². The Balaban J connectivity index is 1.23. The number of hydrogen-bond donors (Lipinski definition) is 0. The van der Waals surface area contributed by atoms with E-state index in [0.717, 1.165) is 39.3 Å². The zero-order chi connectivity index (χ0) is 31.7. The number of nitrogens with zero attached hydrogens (tertiary/aromatic N) is 5. The van der Waals surface area contributed by atoms with Crippen molar-refractivity contribution in [3.63, 3.8) is 0 Å². The molecule has 6 heterocycles. The SMILES string of the molecule is CC1(C)c2cccnc2-n2c3cc(-n4c5ccccc5c5ccc(-n6c7ccccc7c7cccnc76)cc54)ccc3c3cccc1c32. The fraction of sp³-hybridized carbons (Fsp3) is 0.0698. The highest BCUT2D eigenvalue weighted by Gasteiger charge is 2.35. The van der Waals surface area contributed by atoms with Crippen LogP contribution >= 0.6 is 0 Å². The van der Waals surface area contributed by atoms with Crippen LogP contribution in [0.4, 0.5) is 0 Å². The first kappa shape index (κ1) is 25.9. The van der Waals surface area contributed by atoms with E-state index in [2.05, 4.69) is 149 Å². The van der Waals surface area contributed by atoms with Gasteiger partial charge in [0.25, 0.3) is 0 Å². The summed E-state index contributed by atoms with van der Waals surface area (Å²) in [5.41, 5.74) is 11.5. The van der Waals surface area contributed by atoms with E-state index in [-0.39, 0.29) is 5.41 Å². The molecule has 11 rings (SSSR count). The molecule has 5 nitrogen and oxygen atoms in total. The summed E-state index contributed by atoms with van der Waals surface area (Å²) in [5, 5.41) is 7.32. The Labute approximate surface area is 275 Å². The van der Waals surface area contributed by atoms with Crippen LogP contribution in [0.25, 0.3) is 82.7 Å². The van der Waals surface area contributed by atoms with E-state index in [1.54, 1.807) is 0 Å². The van der Waals surface area contributed by atoms with Gasteiger partial charge in [-0.05, 0) is 60.2 Å². The van der Waals surface area contributed by atoms with E-state index in [9.17, 15) is 0 Å². The molecule has 5 aromatic carbocycles. The lowest BCUT2D eigenvalue weighted by atomic mass is 9.76. The number of benzene rings is 5. The van der Waals surface area contributed by atoms with Crippen LogP contribution in [-0.2, 0) is 5.41 Å². The zero-order valence-corrected chi connectivity index (χ0v) is 26.5. The summed E-state index contributed by atoms with van der Waals surface area (Å²) in [4.78, 5) is 9.85. The second-order valence-corrected chi connectivity index (χ2v) is 13.5. The van der Waals surface area contributed by atoms with Gasteiger partial charge >= 0.3 is 0 Å². The van der Waals surface area contributed by atoms with Gasteiger partial charge in [-0.25, -0.2) is 9.97 Å². The molecule has 0 radical (unpaired) electrons. The van der Waals surface area contributed by atoms with Crippen molar-refractivity contribution in [3.05, 3.63) is 151 Å². The number of para-hydroxylation sites is 3. The van der Waals surface area contributed by atoms with Gasteiger partial charge in [0.2, 0.25) is 0 Å². The van der Waals surface area contributed by atoms with Crippen molar-refractivity contribution in [2.24, 2.45) is 0 Å².